The lowest BCUT2D eigenvalue weighted by molar-refractivity contribution is 0.0644. The number of rotatable bonds is 2. The Morgan fingerprint density at radius 1 is 1.65 bits per heavy atom. The molecule has 1 aromatic rings. The molecule has 108 valence electrons. The van der Waals surface area contributed by atoms with E-state index < -0.39 is 0 Å². The van der Waals surface area contributed by atoms with E-state index in [1.54, 1.807) is 0 Å². The highest BCUT2D eigenvalue weighted by Gasteiger charge is 2.25. The quantitative estimate of drug-likeness (QED) is 0.834. The molecule has 20 heavy (non-hydrogen) atoms. The van der Waals surface area contributed by atoms with Crippen LogP contribution in [0.1, 0.15) is 28.1 Å². The van der Waals surface area contributed by atoms with Crippen LogP contribution in [-0.2, 0) is 0 Å². The van der Waals surface area contributed by atoms with Crippen LogP contribution in [0.25, 0.3) is 0 Å². The van der Waals surface area contributed by atoms with Crippen LogP contribution in [0, 0.1) is 11.8 Å². The van der Waals surface area contributed by atoms with E-state index in [2.05, 4.69) is 23.8 Å². The summed E-state index contributed by atoms with van der Waals surface area (Å²) < 4.78 is 0. The van der Waals surface area contributed by atoms with Gasteiger partial charge < -0.3 is 15.5 Å². The molecule has 1 aliphatic rings. The Labute approximate surface area is 124 Å². The zero-order valence-electron chi connectivity index (χ0n) is 12.1. The maximum Gasteiger partial charge on any atom is 0.254 e. The predicted molar refractivity (Wildman–Crippen MR) is 82.9 cm³/mol. The van der Waals surface area contributed by atoms with Crippen molar-refractivity contribution in [3.63, 3.8) is 0 Å². The first-order valence-electron chi connectivity index (χ1n) is 6.85. The number of nitrogens with zero attached hydrogens (tertiary/aromatic N) is 2. The number of hydrogen-bond acceptors (Lipinski definition) is 4. The lowest BCUT2D eigenvalue weighted by Crippen LogP contribution is -2.47. The molecule has 1 aromatic heterocycles. The molecule has 2 rings (SSSR count). The van der Waals surface area contributed by atoms with Crippen molar-refractivity contribution in [3.05, 3.63) is 21.9 Å². The molecule has 1 atom stereocenters. The first kappa shape index (κ1) is 15.0. The molecule has 4 nitrogen and oxygen atoms in total. The number of nitrogens with two attached hydrogens (primary N) is 1. The van der Waals surface area contributed by atoms with Gasteiger partial charge in [-0.1, -0.05) is 11.8 Å². The molecule has 0 saturated carbocycles. The van der Waals surface area contributed by atoms with E-state index >= 15 is 0 Å². The summed E-state index contributed by atoms with van der Waals surface area (Å²) in [4.78, 5) is 17.5. The molecule has 0 bridgehead atoms. The Bertz CT molecular complexity index is 529. The second-order valence-corrected chi connectivity index (χ2v) is 6.09. The van der Waals surface area contributed by atoms with Crippen LogP contribution in [0.4, 0.5) is 0 Å². The Kier molecular flexibility index (Phi) is 5.18. The van der Waals surface area contributed by atoms with Gasteiger partial charge in [-0.3, -0.25) is 4.79 Å². The summed E-state index contributed by atoms with van der Waals surface area (Å²) in [6.07, 6.45) is 2.23. The number of likely N-dealkylation sites (N-methyl/N-ethyl adjacent to an activating group) is 2. The summed E-state index contributed by atoms with van der Waals surface area (Å²) >= 11 is 1.50. The number of thiophene rings is 1. The Hall–Kier alpha value is -1.35. The van der Waals surface area contributed by atoms with Gasteiger partial charge in [0.2, 0.25) is 0 Å². The maximum absolute atomic E-state index is 12.5. The minimum absolute atomic E-state index is 0.0855. The fourth-order valence-corrected chi connectivity index (χ4v) is 3.23. The van der Waals surface area contributed by atoms with Crippen molar-refractivity contribution >= 4 is 17.2 Å². The lowest BCUT2D eigenvalue weighted by atomic mass is 10.0. The largest absolute Gasteiger partial charge is 0.337 e. The van der Waals surface area contributed by atoms with Crippen molar-refractivity contribution in [3.8, 4) is 11.8 Å². The zero-order chi connectivity index (χ0) is 14.5. The summed E-state index contributed by atoms with van der Waals surface area (Å²) in [5.41, 5.74) is 6.08. The maximum atomic E-state index is 12.5. The molecule has 1 amide bonds. The highest BCUT2D eigenvalue weighted by atomic mass is 32.1. The van der Waals surface area contributed by atoms with E-state index in [1.807, 2.05) is 23.4 Å². The molecule has 1 fully saturated rings. The molecule has 0 spiro atoms. The summed E-state index contributed by atoms with van der Waals surface area (Å²) in [6, 6.07) is 2.17. The molecule has 2 heterocycles. The van der Waals surface area contributed by atoms with E-state index in [0.717, 1.165) is 36.4 Å². The van der Waals surface area contributed by atoms with Crippen LogP contribution in [0.5, 0.6) is 0 Å². The third-order valence-electron chi connectivity index (χ3n) is 3.63. The van der Waals surface area contributed by atoms with E-state index in [-0.39, 0.29) is 5.91 Å². The van der Waals surface area contributed by atoms with Crippen molar-refractivity contribution in [1.82, 2.24) is 9.80 Å². The first-order valence-corrected chi connectivity index (χ1v) is 7.73. The van der Waals surface area contributed by atoms with Crippen molar-refractivity contribution in [2.24, 2.45) is 5.73 Å². The minimum atomic E-state index is 0.0855. The van der Waals surface area contributed by atoms with Gasteiger partial charge in [-0.2, -0.15) is 0 Å². The minimum Gasteiger partial charge on any atom is -0.337 e. The van der Waals surface area contributed by atoms with Crippen LogP contribution in [0.3, 0.4) is 0 Å². The van der Waals surface area contributed by atoms with Crippen LogP contribution >= 0.6 is 11.3 Å². The lowest BCUT2D eigenvalue weighted by Gasteiger charge is -2.35. The van der Waals surface area contributed by atoms with Crippen molar-refractivity contribution in [2.75, 3.05) is 33.7 Å². The highest BCUT2D eigenvalue weighted by Crippen LogP contribution is 2.19. The summed E-state index contributed by atoms with van der Waals surface area (Å²) in [7, 11) is 4.00. The van der Waals surface area contributed by atoms with Crippen LogP contribution in [0.2, 0.25) is 0 Å². The average molecular weight is 291 g/mol. The molecule has 0 aromatic carbocycles. The average Bonchev–Trinajstić information content (AvgIpc) is 2.92. The van der Waals surface area contributed by atoms with Gasteiger partial charge in [0.05, 0.1) is 17.0 Å². The summed E-state index contributed by atoms with van der Waals surface area (Å²) in [5, 5.41) is 1.88. The van der Waals surface area contributed by atoms with Gasteiger partial charge in [0.25, 0.3) is 5.91 Å². The Morgan fingerprint density at radius 2 is 2.45 bits per heavy atom. The Morgan fingerprint density at radius 3 is 3.15 bits per heavy atom. The van der Waals surface area contributed by atoms with Crippen molar-refractivity contribution in [1.29, 1.82) is 0 Å². The molecule has 1 aliphatic heterocycles. The molecular formula is C15H21N3OS. The second-order valence-electron chi connectivity index (χ2n) is 5.18. The molecular weight excluding hydrogens is 270 g/mol. The molecule has 2 N–H and O–H groups in total. The van der Waals surface area contributed by atoms with Gasteiger partial charge in [-0.15, -0.1) is 11.3 Å². The number of carbonyl (C=O) groups is 1. The number of amides is 1. The molecule has 1 unspecified atom stereocenters. The van der Waals surface area contributed by atoms with Gasteiger partial charge >= 0.3 is 0 Å². The predicted octanol–water partition coefficient (Wildman–Crippen LogP) is 1.22. The SMILES string of the molecule is CN1CCCC(N(C)C(=O)c2csc(C#CCN)c2)C1. The number of piperidine rings is 1. The van der Waals surface area contributed by atoms with Crippen LogP contribution < -0.4 is 5.73 Å². The van der Waals surface area contributed by atoms with Gasteiger partial charge in [0.1, 0.15) is 0 Å². The Balaban J connectivity index is 2.04. The molecule has 1 saturated heterocycles. The molecule has 0 radical (unpaired) electrons. The van der Waals surface area contributed by atoms with Gasteiger partial charge in [0.15, 0.2) is 0 Å². The van der Waals surface area contributed by atoms with Gasteiger partial charge in [-0.05, 0) is 32.5 Å². The van der Waals surface area contributed by atoms with Crippen LogP contribution in [0.15, 0.2) is 11.4 Å². The van der Waals surface area contributed by atoms with Crippen LogP contribution in [-0.4, -0.2) is 55.5 Å². The van der Waals surface area contributed by atoms with Crippen molar-refractivity contribution < 1.29 is 4.79 Å². The van der Waals surface area contributed by atoms with E-state index in [1.165, 1.54) is 11.3 Å². The molecule has 5 heteroatoms. The molecule has 0 aliphatic carbocycles. The number of hydrogen-bond donors (Lipinski definition) is 1. The fraction of sp³-hybridized carbons (Fsp3) is 0.533. The van der Waals surface area contributed by atoms with E-state index in [0.29, 0.717) is 12.6 Å². The topological polar surface area (TPSA) is 49.6 Å². The zero-order valence-corrected chi connectivity index (χ0v) is 12.9. The van der Waals surface area contributed by atoms with E-state index in [4.69, 9.17) is 5.73 Å². The van der Waals surface area contributed by atoms with Crippen molar-refractivity contribution in [2.45, 2.75) is 18.9 Å². The standard InChI is InChI=1S/C15H21N3OS/c1-17-8-4-5-13(10-17)18(2)15(19)12-9-14(20-11-12)6-3-7-16/h9,11,13H,4-5,7-8,10,16H2,1-2H3. The smallest absolute Gasteiger partial charge is 0.254 e. The third-order valence-corrected chi connectivity index (χ3v) is 4.47. The monoisotopic (exact) mass is 291 g/mol. The summed E-state index contributed by atoms with van der Waals surface area (Å²) in [5.74, 6) is 5.87. The van der Waals surface area contributed by atoms with E-state index in [9.17, 15) is 4.79 Å². The summed E-state index contributed by atoms with van der Waals surface area (Å²) in [6.45, 7) is 2.41. The van der Waals surface area contributed by atoms with Gasteiger partial charge in [-0.25, -0.2) is 0 Å². The third kappa shape index (κ3) is 3.60. The highest BCUT2D eigenvalue weighted by molar-refractivity contribution is 7.10. The number of carbonyl (C=O) groups excluding carboxylic acids is 1. The van der Waals surface area contributed by atoms with Gasteiger partial charge in [0, 0.05) is 25.0 Å². The second kappa shape index (κ2) is 6.89. The first-order chi connectivity index (χ1) is 9.61. The number of likely N-dealkylation sites (tertiary alicyclic amines) is 1. The fourth-order valence-electron chi connectivity index (χ4n) is 2.48. The normalized spacial score (nSPS) is 19.2.